The molecule has 0 bridgehead atoms. The molecule has 2 N–H and O–H groups in total. The van der Waals surface area contributed by atoms with Crippen LogP contribution >= 0.6 is 0 Å². The summed E-state index contributed by atoms with van der Waals surface area (Å²) in [6, 6.07) is 15.5. The first kappa shape index (κ1) is 20.2. The van der Waals surface area contributed by atoms with E-state index in [-0.39, 0.29) is 17.7 Å². The Morgan fingerprint density at radius 1 is 1.11 bits per heavy atom. The molecular weight excluding hydrogens is 342 g/mol. The van der Waals surface area contributed by atoms with Crippen molar-refractivity contribution in [1.82, 2.24) is 10.7 Å². The minimum Gasteiger partial charge on any atom is -0.497 e. The molecule has 27 heavy (non-hydrogen) atoms. The van der Waals surface area contributed by atoms with Crippen LogP contribution in [0.5, 0.6) is 5.75 Å². The standard InChI is InChI=1S/C21H25N3O3/c1-4-15(2)19(21(26)24-22-14-16-8-6-5-7-9-16)23-20(25)17-10-12-18(27-3)13-11-17/h5-15,19H,4H2,1-3H3,(H,23,25)(H,24,26)/b22-14+/t15?,19-/m0/s1. The van der Waals surface area contributed by atoms with Gasteiger partial charge in [-0.1, -0.05) is 50.6 Å². The molecule has 0 spiro atoms. The molecule has 6 nitrogen and oxygen atoms in total. The lowest BCUT2D eigenvalue weighted by Crippen LogP contribution is -2.49. The number of amides is 2. The molecule has 0 heterocycles. The van der Waals surface area contributed by atoms with E-state index < -0.39 is 6.04 Å². The van der Waals surface area contributed by atoms with Gasteiger partial charge in [-0.2, -0.15) is 5.10 Å². The zero-order valence-electron chi connectivity index (χ0n) is 15.8. The van der Waals surface area contributed by atoms with E-state index in [1.54, 1.807) is 37.6 Å². The van der Waals surface area contributed by atoms with E-state index in [1.807, 2.05) is 44.2 Å². The van der Waals surface area contributed by atoms with E-state index >= 15 is 0 Å². The van der Waals surface area contributed by atoms with E-state index in [0.717, 1.165) is 12.0 Å². The number of hydrazone groups is 1. The van der Waals surface area contributed by atoms with Gasteiger partial charge in [0.05, 0.1) is 13.3 Å². The molecule has 2 atom stereocenters. The average Bonchev–Trinajstić information content (AvgIpc) is 2.72. The lowest BCUT2D eigenvalue weighted by atomic mass is 9.98. The van der Waals surface area contributed by atoms with Crippen LogP contribution in [0.25, 0.3) is 0 Å². The topological polar surface area (TPSA) is 79.8 Å². The number of methoxy groups -OCH3 is 1. The van der Waals surface area contributed by atoms with Crippen molar-refractivity contribution in [1.29, 1.82) is 0 Å². The van der Waals surface area contributed by atoms with Gasteiger partial charge in [-0.15, -0.1) is 0 Å². The molecule has 2 rings (SSSR count). The Kier molecular flexibility index (Phi) is 7.55. The van der Waals surface area contributed by atoms with Gasteiger partial charge >= 0.3 is 0 Å². The summed E-state index contributed by atoms with van der Waals surface area (Å²) in [6.45, 7) is 3.89. The van der Waals surface area contributed by atoms with Crippen LogP contribution < -0.4 is 15.5 Å². The highest BCUT2D eigenvalue weighted by atomic mass is 16.5. The fraction of sp³-hybridized carbons (Fsp3) is 0.286. The maximum atomic E-state index is 12.5. The summed E-state index contributed by atoms with van der Waals surface area (Å²) in [5.74, 6) is -0.0410. The van der Waals surface area contributed by atoms with Crippen molar-refractivity contribution < 1.29 is 14.3 Å². The number of carbonyl (C=O) groups excluding carboxylic acids is 2. The SMILES string of the molecule is CCC(C)[C@H](NC(=O)c1ccc(OC)cc1)C(=O)N/N=C/c1ccccc1. The monoisotopic (exact) mass is 367 g/mol. The highest BCUT2D eigenvalue weighted by molar-refractivity contribution is 5.97. The highest BCUT2D eigenvalue weighted by Gasteiger charge is 2.26. The van der Waals surface area contributed by atoms with E-state index in [9.17, 15) is 9.59 Å². The molecule has 0 radical (unpaired) electrons. The molecule has 0 aliphatic rings. The van der Waals surface area contributed by atoms with Crippen LogP contribution in [0, 0.1) is 5.92 Å². The first-order chi connectivity index (χ1) is 13.0. The zero-order chi connectivity index (χ0) is 19.6. The number of nitrogens with one attached hydrogen (secondary N) is 2. The average molecular weight is 367 g/mol. The number of carbonyl (C=O) groups is 2. The van der Waals surface area contributed by atoms with Gasteiger partial charge in [0.1, 0.15) is 11.8 Å². The van der Waals surface area contributed by atoms with E-state index in [0.29, 0.717) is 11.3 Å². The number of benzene rings is 2. The van der Waals surface area contributed by atoms with Crippen molar-refractivity contribution >= 4 is 18.0 Å². The number of rotatable bonds is 8. The second kappa shape index (κ2) is 10.1. The molecule has 0 aromatic heterocycles. The molecule has 2 aromatic rings. The van der Waals surface area contributed by atoms with Crippen LogP contribution in [-0.4, -0.2) is 31.2 Å². The van der Waals surface area contributed by atoms with Crippen molar-refractivity contribution in [2.24, 2.45) is 11.0 Å². The van der Waals surface area contributed by atoms with Gasteiger partial charge in [-0.3, -0.25) is 9.59 Å². The van der Waals surface area contributed by atoms with Crippen molar-refractivity contribution in [2.45, 2.75) is 26.3 Å². The molecule has 1 unspecified atom stereocenters. The van der Waals surface area contributed by atoms with Crippen molar-refractivity contribution in [3.8, 4) is 5.75 Å². The number of nitrogens with zero attached hydrogens (tertiary/aromatic N) is 1. The Morgan fingerprint density at radius 3 is 2.37 bits per heavy atom. The van der Waals surface area contributed by atoms with Gasteiger partial charge in [-0.05, 0) is 35.7 Å². The summed E-state index contributed by atoms with van der Waals surface area (Å²) in [4.78, 5) is 25.0. The number of hydrogen-bond donors (Lipinski definition) is 2. The molecule has 0 fully saturated rings. The van der Waals surface area contributed by atoms with Gasteiger partial charge in [0.25, 0.3) is 11.8 Å². The second-order valence-electron chi connectivity index (χ2n) is 6.21. The van der Waals surface area contributed by atoms with Crippen molar-refractivity contribution in [3.05, 3.63) is 65.7 Å². The Bertz CT molecular complexity index is 773. The lowest BCUT2D eigenvalue weighted by Gasteiger charge is -2.22. The fourth-order valence-corrected chi connectivity index (χ4v) is 2.45. The van der Waals surface area contributed by atoms with Crippen LogP contribution in [0.2, 0.25) is 0 Å². The van der Waals surface area contributed by atoms with Crippen molar-refractivity contribution in [2.75, 3.05) is 7.11 Å². The molecule has 0 aliphatic heterocycles. The minimum atomic E-state index is -0.683. The third-order valence-electron chi connectivity index (χ3n) is 4.32. The van der Waals surface area contributed by atoms with Crippen LogP contribution in [0.1, 0.15) is 36.2 Å². The summed E-state index contributed by atoms with van der Waals surface area (Å²) < 4.78 is 5.09. The Balaban J connectivity index is 2.03. The maximum absolute atomic E-state index is 12.5. The minimum absolute atomic E-state index is 0.0425. The Hall–Kier alpha value is -3.15. The zero-order valence-corrected chi connectivity index (χ0v) is 15.8. The van der Waals surface area contributed by atoms with E-state index in [4.69, 9.17) is 4.74 Å². The van der Waals surface area contributed by atoms with Crippen LogP contribution in [0.4, 0.5) is 0 Å². The lowest BCUT2D eigenvalue weighted by molar-refractivity contribution is -0.124. The largest absolute Gasteiger partial charge is 0.497 e. The molecule has 0 saturated carbocycles. The van der Waals surface area contributed by atoms with E-state index in [2.05, 4.69) is 15.8 Å². The van der Waals surface area contributed by atoms with Gasteiger partial charge in [0.15, 0.2) is 0 Å². The number of hydrogen-bond acceptors (Lipinski definition) is 4. The molecule has 6 heteroatoms. The summed E-state index contributed by atoms with van der Waals surface area (Å²) in [7, 11) is 1.56. The molecule has 142 valence electrons. The molecule has 0 saturated heterocycles. The third kappa shape index (κ3) is 5.95. The van der Waals surface area contributed by atoms with Gasteiger partial charge in [0.2, 0.25) is 0 Å². The van der Waals surface area contributed by atoms with Crippen LogP contribution in [-0.2, 0) is 4.79 Å². The summed E-state index contributed by atoms with van der Waals surface area (Å²) >= 11 is 0. The van der Waals surface area contributed by atoms with Gasteiger partial charge in [0, 0.05) is 5.56 Å². The third-order valence-corrected chi connectivity index (χ3v) is 4.32. The van der Waals surface area contributed by atoms with Crippen LogP contribution in [0.3, 0.4) is 0 Å². The first-order valence-corrected chi connectivity index (χ1v) is 8.88. The summed E-state index contributed by atoms with van der Waals surface area (Å²) in [5, 5.41) is 6.79. The maximum Gasteiger partial charge on any atom is 0.262 e. The Labute approximate surface area is 159 Å². The highest BCUT2D eigenvalue weighted by Crippen LogP contribution is 2.13. The molecular formula is C21H25N3O3. The Morgan fingerprint density at radius 2 is 1.78 bits per heavy atom. The van der Waals surface area contributed by atoms with E-state index in [1.165, 1.54) is 0 Å². The summed E-state index contributed by atoms with van der Waals surface area (Å²) in [6.07, 6.45) is 2.31. The second-order valence-corrected chi connectivity index (χ2v) is 6.21. The predicted molar refractivity (Wildman–Crippen MR) is 106 cm³/mol. The fourth-order valence-electron chi connectivity index (χ4n) is 2.45. The smallest absolute Gasteiger partial charge is 0.262 e. The first-order valence-electron chi connectivity index (χ1n) is 8.88. The molecule has 2 aromatic carbocycles. The molecule has 0 aliphatic carbocycles. The number of ether oxygens (including phenoxy) is 1. The normalized spacial score (nSPS) is 13.0. The van der Waals surface area contributed by atoms with Crippen molar-refractivity contribution in [3.63, 3.8) is 0 Å². The van der Waals surface area contributed by atoms with Crippen LogP contribution in [0.15, 0.2) is 59.7 Å². The van der Waals surface area contributed by atoms with Gasteiger partial charge in [-0.25, -0.2) is 5.43 Å². The predicted octanol–water partition coefficient (Wildman–Crippen LogP) is 2.99. The summed E-state index contributed by atoms with van der Waals surface area (Å²) in [5.41, 5.74) is 3.86. The van der Waals surface area contributed by atoms with Gasteiger partial charge < -0.3 is 10.1 Å². The quantitative estimate of drug-likeness (QED) is 0.556. The molecule has 2 amide bonds.